The van der Waals surface area contributed by atoms with E-state index in [0.29, 0.717) is 12.5 Å². The number of likely N-dealkylation sites (tertiary alicyclic amines) is 1. The van der Waals surface area contributed by atoms with Crippen molar-refractivity contribution in [1.29, 1.82) is 0 Å². The lowest BCUT2D eigenvalue weighted by atomic mass is 9.90. The first-order chi connectivity index (χ1) is 13.3. The molecule has 28 heavy (non-hydrogen) atoms. The zero-order valence-corrected chi connectivity index (χ0v) is 17.3. The first-order valence-electron chi connectivity index (χ1n) is 10.3. The van der Waals surface area contributed by atoms with Gasteiger partial charge in [0.05, 0.1) is 0 Å². The summed E-state index contributed by atoms with van der Waals surface area (Å²) in [5, 5.41) is 2.80. The Labute approximate surface area is 167 Å². The van der Waals surface area contributed by atoms with Gasteiger partial charge >= 0.3 is 6.03 Å². The molecule has 3 rings (SSSR count). The highest BCUT2D eigenvalue weighted by atomic mass is 16.2. The number of carbonyl (C=O) groups is 3. The number of nitrogens with zero attached hydrogens (tertiary/aromatic N) is 2. The van der Waals surface area contributed by atoms with E-state index in [9.17, 15) is 14.4 Å². The molecule has 2 aliphatic heterocycles. The van der Waals surface area contributed by atoms with Crippen LogP contribution in [0.25, 0.3) is 0 Å². The molecule has 1 aromatic rings. The van der Waals surface area contributed by atoms with Gasteiger partial charge in [-0.25, -0.2) is 4.79 Å². The van der Waals surface area contributed by atoms with E-state index in [4.69, 9.17) is 0 Å². The molecule has 0 unspecified atom stereocenters. The number of nitrogens with one attached hydrogen (secondary N) is 1. The van der Waals surface area contributed by atoms with Crippen LogP contribution in [0.5, 0.6) is 0 Å². The van der Waals surface area contributed by atoms with Crippen LogP contribution in [0, 0.1) is 0 Å². The van der Waals surface area contributed by atoms with E-state index in [1.807, 2.05) is 29.2 Å². The topological polar surface area (TPSA) is 69.7 Å². The summed E-state index contributed by atoms with van der Waals surface area (Å²) < 4.78 is 0. The zero-order valence-electron chi connectivity index (χ0n) is 17.3. The van der Waals surface area contributed by atoms with E-state index in [0.717, 1.165) is 36.1 Å². The second-order valence-corrected chi connectivity index (χ2v) is 8.37. The van der Waals surface area contributed by atoms with Gasteiger partial charge in [-0.15, -0.1) is 0 Å². The Balaban J connectivity index is 1.76. The van der Waals surface area contributed by atoms with Crippen molar-refractivity contribution in [3.63, 3.8) is 0 Å². The summed E-state index contributed by atoms with van der Waals surface area (Å²) >= 11 is 0. The number of carbonyl (C=O) groups excluding carboxylic acids is 3. The maximum Gasteiger partial charge on any atom is 0.325 e. The smallest absolute Gasteiger partial charge is 0.325 e. The van der Waals surface area contributed by atoms with Crippen LogP contribution in [-0.4, -0.2) is 46.8 Å². The summed E-state index contributed by atoms with van der Waals surface area (Å²) in [6, 6.07) is 7.44. The van der Waals surface area contributed by atoms with Gasteiger partial charge in [0.25, 0.3) is 5.91 Å². The van der Waals surface area contributed by atoms with Crippen LogP contribution in [-0.2, 0) is 15.1 Å². The number of benzene rings is 1. The summed E-state index contributed by atoms with van der Waals surface area (Å²) in [5.74, 6) is -0.122. The molecule has 2 heterocycles. The molecular weight excluding hydrogens is 354 g/mol. The van der Waals surface area contributed by atoms with Gasteiger partial charge in [0.1, 0.15) is 12.1 Å². The number of amides is 4. The van der Waals surface area contributed by atoms with Crippen LogP contribution in [0.3, 0.4) is 0 Å². The van der Waals surface area contributed by atoms with Crippen molar-refractivity contribution in [2.24, 2.45) is 0 Å². The minimum Gasteiger partial charge on any atom is -0.338 e. The van der Waals surface area contributed by atoms with Crippen LogP contribution in [0.15, 0.2) is 24.3 Å². The van der Waals surface area contributed by atoms with Gasteiger partial charge in [0.15, 0.2) is 0 Å². The third kappa shape index (κ3) is 3.64. The normalized spacial score (nSPS) is 25.4. The summed E-state index contributed by atoms with van der Waals surface area (Å²) in [7, 11) is 0. The third-order valence-electron chi connectivity index (χ3n) is 6.14. The Morgan fingerprint density at radius 3 is 2.50 bits per heavy atom. The van der Waals surface area contributed by atoms with Crippen molar-refractivity contribution in [2.45, 2.75) is 70.9 Å². The van der Waals surface area contributed by atoms with Crippen molar-refractivity contribution in [2.75, 3.05) is 13.1 Å². The maximum atomic E-state index is 13.1. The van der Waals surface area contributed by atoms with Crippen LogP contribution >= 0.6 is 0 Å². The predicted octanol–water partition coefficient (Wildman–Crippen LogP) is 3.37. The van der Waals surface area contributed by atoms with Gasteiger partial charge in [-0.05, 0) is 49.7 Å². The van der Waals surface area contributed by atoms with Crippen LogP contribution < -0.4 is 5.32 Å². The Morgan fingerprint density at radius 2 is 1.89 bits per heavy atom. The molecule has 6 nitrogen and oxygen atoms in total. The molecule has 1 aromatic carbocycles. The predicted molar refractivity (Wildman–Crippen MR) is 108 cm³/mol. The summed E-state index contributed by atoms with van der Waals surface area (Å²) in [6.07, 6.45) is 3.98. The number of urea groups is 1. The largest absolute Gasteiger partial charge is 0.338 e. The minimum absolute atomic E-state index is 0.144. The highest BCUT2D eigenvalue weighted by Gasteiger charge is 2.49. The van der Waals surface area contributed by atoms with E-state index in [1.54, 1.807) is 6.92 Å². The van der Waals surface area contributed by atoms with Gasteiger partial charge < -0.3 is 10.2 Å². The molecule has 6 heteroatoms. The average Bonchev–Trinajstić information content (AvgIpc) is 2.91. The SMILES string of the molecule is CC[C@@H]1CCCCN1C(=O)CN1C(=O)N[C@@](C)(c2ccc(C(C)C)cc2)C1=O. The van der Waals surface area contributed by atoms with Gasteiger partial charge in [0.2, 0.25) is 5.91 Å². The number of imide groups is 1. The lowest BCUT2D eigenvalue weighted by Gasteiger charge is -2.36. The quantitative estimate of drug-likeness (QED) is 0.790. The van der Waals surface area contributed by atoms with E-state index >= 15 is 0 Å². The van der Waals surface area contributed by atoms with Crippen molar-refractivity contribution >= 4 is 17.8 Å². The Kier molecular flexibility index (Phi) is 5.77. The molecular formula is C22H31N3O3. The first kappa shape index (κ1) is 20.4. The Hall–Kier alpha value is -2.37. The van der Waals surface area contributed by atoms with Crippen molar-refractivity contribution < 1.29 is 14.4 Å². The fraction of sp³-hybridized carbons (Fsp3) is 0.591. The fourth-order valence-electron chi connectivity index (χ4n) is 4.22. The molecule has 2 fully saturated rings. The number of hydrogen-bond donors (Lipinski definition) is 1. The standard InChI is InChI=1S/C22H31N3O3/c1-5-18-8-6-7-13-24(18)19(26)14-25-20(27)22(4,23-21(25)28)17-11-9-16(10-12-17)15(2)3/h9-12,15,18H,5-8,13-14H2,1-4H3,(H,23,28)/t18-,22+/m1/s1. The van der Waals surface area contributed by atoms with Crippen LogP contribution in [0.1, 0.15) is 70.4 Å². The Bertz CT molecular complexity index is 759. The summed E-state index contributed by atoms with van der Waals surface area (Å²) in [6.45, 7) is 8.50. The molecule has 0 bridgehead atoms. The second kappa shape index (κ2) is 7.94. The van der Waals surface area contributed by atoms with Gasteiger partial charge in [-0.2, -0.15) is 0 Å². The molecule has 0 aliphatic carbocycles. The lowest BCUT2D eigenvalue weighted by Crippen LogP contribution is -2.49. The number of rotatable bonds is 5. The zero-order chi connectivity index (χ0) is 20.5. The second-order valence-electron chi connectivity index (χ2n) is 8.37. The molecule has 0 radical (unpaired) electrons. The number of hydrogen-bond acceptors (Lipinski definition) is 3. The fourth-order valence-corrected chi connectivity index (χ4v) is 4.22. The minimum atomic E-state index is -1.14. The van der Waals surface area contributed by atoms with Crippen molar-refractivity contribution in [3.8, 4) is 0 Å². The average molecular weight is 386 g/mol. The van der Waals surface area contributed by atoms with E-state index in [2.05, 4.69) is 26.1 Å². The molecule has 1 N–H and O–H groups in total. The molecule has 2 atom stereocenters. The third-order valence-corrected chi connectivity index (χ3v) is 6.14. The summed E-state index contributed by atoms with van der Waals surface area (Å²) in [4.78, 5) is 41.4. The van der Waals surface area contributed by atoms with Crippen molar-refractivity contribution in [1.82, 2.24) is 15.1 Å². The van der Waals surface area contributed by atoms with Crippen LogP contribution in [0.4, 0.5) is 4.79 Å². The molecule has 0 saturated carbocycles. The molecule has 4 amide bonds. The molecule has 0 aromatic heterocycles. The van der Waals surface area contributed by atoms with E-state index < -0.39 is 11.6 Å². The molecule has 152 valence electrons. The van der Waals surface area contributed by atoms with Gasteiger partial charge in [-0.3, -0.25) is 14.5 Å². The van der Waals surface area contributed by atoms with E-state index in [1.165, 1.54) is 5.56 Å². The molecule has 2 aliphatic rings. The maximum absolute atomic E-state index is 13.1. The molecule has 0 spiro atoms. The van der Waals surface area contributed by atoms with Crippen LogP contribution in [0.2, 0.25) is 0 Å². The number of piperidine rings is 1. The first-order valence-corrected chi connectivity index (χ1v) is 10.3. The van der Waals surface area contributed by atoms with Gasteiger partial charge in [-0.1, -0.05) is 45.0 Å². The van der Waals surface area contributed by atoms with Crippen molar-refractivity contribution in [3.05, 3.63) is 35.4 Å². The highest BCUT2D eigenvalue weighted by molar-refractivity contribution is 6.09. The summed E-state index contributed by atoms with van der Waals surface area (Å²) in [5.41, 5.74) is 0.764. The monoisotopic (exact) mass is 385 g/mol. The highest BCUT2D eigenvalue weighted by Crippen LogP contribution is 2.30. The van der Waals surface area contributed by atoms with Gasteiger partial charge in [0, 0.05) is 12.6 Å². The van der Waals surface area contributed by atoms with E-state index in [-0.39, 0.29) is 24.4 Å². The lowest BCUT2D eigenvalue weighted by molar-refractivity contribution is -0.141. The Morgan fingerprint density at radius 1 is 1.21 bits per heavy atom. The molecule has 2 saturated heterocycles.